The molecule has 0 aliphatic heterocycles. The van der Waals surface area contributed by atoms with E-state index < -0.39 is 11.0 Å². The summed E-state index contributed by atoms with van der Waals surface area (Å²) in [7, 11) is 0. The fourth-order valence-corrected chi connectivity index (χ4v) is 1.65. The number of carbonyl (C=O) groups is 1. The van der Waals surface area contributed by atoms with Crippen molar-refractivity contribution in [2.24, 2.45) is 0 Å². The molecule has 1 rings (SSSR count). The predicted octanol–water partition coefficient (Wildman–Crippen LogP) is 2.26. The fraction of sp³-hybridized carbons (Fsp3) is 0.222. The minimum atomic E-state index is -1.16. The van der Waals surface area contributed by atoms with Gasteiger partial charge in [-0.1, -0.05) is 28.1 Å². The quantitative estimate of drug-likeness (QED) is 0.505. The summed E-state index contributed by atoms with van der Waals surface area (Å²) < 4.78 is 0. The first-order valence-corrected chi connectivity index (χ1v) is 5.45. The number of carboxylic acid groups (broad SMARTS) is 1. The molecule has 0 spiro atoms. The topological polar surface area (TPSA) is 92.5 Å². The van der Waals surface area contributed by atoms with Gasteiger partial charge in [-0.25, -0.2) is 4.79 Å². The van der Waals surface area contributed by atoms with Crippen LogP contribution < -0.4 is 5.32 Å². The summed E-state index contributed by atoms with van der Waals surface area (Å²) in [5.74, 6) is 0. The van der Waals surface area contributed by atoms with Gasteiger partial charge in [-0.15, -0.1) is 0 Å². The van der Waals surface area contributed by atoms with Crippen LogP contribution in [0.3, 0.4) is 0 Å². The molecule has 0 bridgehead atoms. The van der Waals surface area contributed by atoms with Crippen LogP contribution in [0.15, 0.2) is 18.2 Å². The number of nitrogens with one attached hydrogen (secondary N) is 1. The number of benzene rings is 1. The number of amides is 1. The van der Waals surface area contributed by atoms with Crippen molar-refractivity contribution in [3.05, 3.63) is 39.4 Å². The molecule has 0 radical (unpaired) electrons. The lowest BCUT2D eigenvalue weighted by atomic mass is 10.1. The number of alkyl halides is 1. The van der Waals surface area contributed by atoms with Crippen LogP contribution in [-0.2, 0) is 11.9 Å². The van der Waals surface area contributed by atoms with Crippen molar-refractivity contribution >= 4 is 27.7 Å². The van der Waals surface area contributed by atoms with E-state index in [0.29, 0.717) is 16.5 Å². The molecule has 0 unspecified atom stereocenters. The standard InChI is InChI=1S/C9H9BrN2O4/c10-4-7-2-1-6(5-11-9(13)14)3-8(7)12(15)16/h1-3,11H,4-5H2,(H,13,14). The molecule has 2 N–H and O–H groups in total. The van der Waals surface area contributed by atoms with Gasteiger partial charge in [0.1, 0.15) is 0 Å². The van der Waals surface area contributed by atoms with Gasteiger partial charge in [-0.2, -0.15) is 0 Å². The molecule has 0 aliphatic carbocycles. The molecular weight excluding hydrogens is 280 g/mol. The zero-order valence-electron chi connectivity index (χ0n) is 8.14. The van der Waals surface area contributed by atoms with E-state index in [4.69, 9.17) is 5.11 Å². The highest BCUT2D eigenvalue weighted by Crippen LogP contribution is 2.22. The highest BCUT2D eigenvalue weighted by atomic mass is 79.9. The summed E-state index contributed by atoms with van der Waals surface area (Å²) in [5.41, 5.74) is 1.10. The van der Waals surface area contributed by atoms with Gasteiger partial charge in [0.15, 0.2) is 0 Å². The Bertz CT molecular complexity index is 422. The van der Waals surface area contributed by atoms with Crippen molar-refractivity contribution in [1.29, 1.82) is 0 Å². The number of hydrogen-bond acceptors (Lipinski definition) is 3. The van der Waals surface area contributed by atoms with Crippen molar-refractivity contribution < 1.29 is 14.8 Å². The van der Waals surface area contributed by atoms with Gasteiger partial charge in [-0.05, 0) is 5.56 Å². The first kappa shape index (κ1) is 12.4. The Morgan fingerprint density at radius 2 is 2.25 bits per heavy atom. The number of nitro groups is 1. The molecule has 0 aromatic heterocycles. The van der Waals surface area contributed by atoms with Crippen LogP contribution in [0.25, 0.3) is 0 Å². The maximum atomic E-state index is 10.7. The lowest BCUT2D eigenvalue weighted by molar-refractivity contribution is -0.385. The summed E-state index contributed by atoms with van der Waals surface area (Å²) in [5, 5.41) is 21.7. The van der Waals surface area contributed by atoms with E-state index in [-0.39, 0.29) is 12.2 Å². The molecule has 0 heterocycles. The molecule has 6 nitrogen and oxygen atoms in total. The minimum Gasteiger partial charge on any atom is -0.465 e. The van der Waals surface area contributed by atoms with Crippen molar-refractivity contribution in [2.45, 2.75) is 11.9 Å². The van der Waals surface area contributed by atoms with Gasteiger partial charge in [0.2, 0.25) is 0 Å². The van der Waals surface area contributed by atoms with Crippen LogP contribution >= 0.6 is 15.9 Å². The van der Waals surface area contributed by atoms with Crippen LogP contribution in [0.1, 0.15) is 11.1 Å². The third-order valence-electron chi connectivity index (χ3n) is 1.93. The zero-order valence-corrected chi connectivity index (χ0v) is 9.73. The lowest BCUT2D eigenvalue weighted by Gasteiger charge is -2.04. The number of halogens is 1. The molecule has 7 heteroatoms. The average molecular weight is 289 g/mol. The highest BCUT2D eigenvalue weighted by Gasteiger charge is 2.13. The second kappa shape index (κ2) is 5.45. The molecule has 0 aliphatic rings. The molecule has 0 saturated carbocycles. The summed E-state index contributed by atoms with van der Waals surface area (Å²) >= 11 is 3.15. The van der Waals surface area contributed by atoms with Gasteiger partial charge in [0.05, 0.1) is 4.92 Å². The van der Waals surface area contributed by atoms with Crippen molar-refractivity contribution in [2.75, 3.05) is 0 Å². The molecule has 86 valence electrons. The van der Waals surface area contributed by atoms with Crippen molar-refractivity contribution in [1.82, 2.24) is 5.32 Å². The molecule has 1 amide bonds. The zero-order chi connectivity index (χ0) is 12.1. The molecule has 1 aromatic rings. The summed E-state index contributed by atoms with van der Waals surface area (Å²) in [4.78, 5) is 20.5. The van der Waals surface area contributed by atoms with E-state index in [2.05, 4.69) is 21.2 Å². The third kappa shape index (κ3) is 3.20. The van der Waals surface area contributed by atoms with Crippen molar-refractivity contribution in [3.63, 3.8) is 0 Å². The summed E-state index contributed by atoms with van der Waals surface area (Å²) in [6.07, 6.45) is -1.16. The average Bonchev–Trinajstić information content (AvgIpc) is 2.25. The Labute approximate surface area is 99.6 Å². The number of rotatable bonds is 4. The molecule has 1 aromatic carbocycles. The monoisotopic (exact) mass is 288 g/mol. The second-order valence-corrected chi connectivity index (χ2v) is 3.57. The minimum absolute atomic E-state index is 0.0124. The normalized spacial score (nSPS) is 9.81. The SMILES string of the molecule is O=C(O)NCc1ccc(CBr)c([N+](=O)[O-])c1. The van der Waals surface area contributed by atoms with E-state index in [1.165, 1.54) is 6.07 Å². The van der Waals surface area contributed by atoms with Crippen LogP contribution in [0.4, 0.5) is 10.5 Å². The highest BCUT2D eigenvalue weighted by molar-refractivity contribution is 9.08. The first-order valence-electron chi connectivity index (χ1n) is 4.33. The largest absolute Gasteiger partial charge is 0.465 e. The maximum absolute atomic E-state index is 10.7. The Morgan fingerprint density at radius 1 is 1.56 bits per heavy atom. The smallest absolute Gasteiger partial charge is 0.404 e. The van der Waals surface area contributed by atoms with Gasteiger partial charge >= 0.3 is 6.09 Å². The van der Waals surface area contributed by atoms with Crippen LogP contribution in [-0.4, -0.2) is 16.1 Å². The van der Waals surface area contributed by atoms with Crippen LogP contribution in [0.5, 0.6) is 0 Å². The van der Waals surface area contributed by atoms with Gasteiger partial charge in [0, 0.05) is 23.5 Å². The number of nitro benzene ring substituents is 1. The summed E-state index contributed by atoms with van der Waals surface area (Å²) in [6, 6.07) is 4.62. The van der Waals surface area contributed by atoms with Gasteiger partial charge in [-0.3, -0.25) is 10.1 Å². The lowest BCUT2D eigenvalue weighted by Crippen LogP contribution is -2.19. The second-order valence-electron chi connectivity index (χ2n) is 3.01. The van der Waals surface area contributed by atoms with E-state index in [0.717, 1.165) is 0 Å². The van der Waals surface area contributed by atoms with Gasteiger partial charge in [0.25, 0.3) is 5.69 Å². The van der Waals surface area contributed by atoms with Crippen LogP contribution in [0.2, 0.25) is 0 Å². The molecule has 16 heavy (non-hydrogen) atoms. The van der Waals surface area contributed by atoms with Crippen molar-refractivity contribution in [3.8, 4) is 0 Å². The van der Waals surface area contributed by atoms with Gasteiger partial charge < -0.3 is 10.4 Å². The maximum Gasteiger partial charge on any atom is 0.404 e. The van der Waals surface area contributed by atoms with E-state index in [1.807, 2.05) is 0 Å². The predicted molar refractivity (Wildman–Crippen MR) is 60.6 cm³/mol. The van der Waals surface area contributed by atoms with E-state index in [9.17, 15) is 14.9 Å². The third-order valence-corrected chi connectivity index (χ3v) is 2.54. The first-order chi connectivity index (χ1) is 7.54. The molecule has 0 fully saturated rings. The number of nitrogens with zero attached hydrogens (tertiary/aromatic N) is 1. The Morgan fingerprint density at radius 3 is 2.75 bits per heavy atom. The summed E-state index contributed by atoms with van der Waals surface area (Å²) in [6.45, 7) is 0.0543. The molecule has 0 atom stereocenters. The van der Waals surface area contributed by atoms with E-state index >= 15 is 0 Å². The fourth-order valence-electron chi connectivity index (χ4n) is 1.18. The Balaban J connectivity index is 2.93. The number of hydrogen-bond donors (Lipinski definition) is 2. The Hall–Kier alpha value is -1.63. The Kier molecular flexibility index (Phi) is 4.24. The molecule has 0 saturated heterocycles. The van der Waals surface area contributed by atoms with E-state index in [1.54, 1.807) is 12.1 Å². The van der Waals surface area contributed by atoms with Crippen LogP contribution in [0, 0.1) is 10.1 Å². The molecular formula is C9H9BrN2O4.